The quantitative estimate of drug-likeness (QED) is 0.372. The number of hydrogen-bond acceptors (Lipinski definition) is 8. The Morgan fingerprint density at radius 3 is 2.76 bits per heavy atom. The van der Waals surface area contributed by atoms with Gasteiger partial charge in [-0.25, -0.2) is 4.98 Å². The van der Waals surface area contributed by atoms with Crippen LogP contribution in [0.25, 0.3) is 33.5 Å². The number of nitrogens with one attached hydrogen (secondary N) is 2. The molecule has 5 aromatic heterocycles. The monoisotopic (exact) mass is 501 g/mol. The Bertz CT molecular complexity index is 1720. The number of rotatable bonds is 5. The Labute approximate surface area is 218 Å². The minimum absolute atomic E-state index is 0.0448. The van der Waals surface area contributed by atoms with Crippen LogP contribution in [-0.4, -0.2) is 55.2 Å². The molecule has 0 spiro atoms. The van der Waals surface area contributed by atoms with E-state index in [0.717, 1.165) is 63.4 Å². The summed E-state index contributed by atoms with van der Waals surface area (Å²) in [6.45, 7) is 0.484. The molecule has 7 rings (SSSR count). The number of hydrogen-bond donors (Lipinski definition) is 2. The van der Waals surface area contributed by atoms with Gasteiger partial charge >= 0.3 is 0 Å². The summed E-state index contributed by atoms with van der Waals surface area (Å²) in [6.07, 6.45) is 12.4. The summed E-state index contributed by atoms with van der Waals surface area (Å²) in [5.74, 6) is 0.823. The lowest BCUT2D eigenvalue weighted by atomic mass is 10.0. The normalized spacial score (nSPS) is 14.8. The molecule has 1 saturated carbocycles. The van der Waals surface area contributed by atoms with Crippen LogP contribution in [0.15, 0.2) is 72.5 Å². The maximum Gasteiger partial charge on any atom is 0.227 e. The summed E-state index contributed by atoms with van der Waals surface area (Å²) < 4.78 is 0. The molecule has 0 unspecified atom stereocenters. The number of aromatic amines is 1. The fourth-order valence-corrected chi connectivity index (χ4v) is 4.64. The lowest BCUT2D eigenvalue weighted by Crippen LogP contribution is -2.27. The van der Waals surface area contributed by atoms with Crippen molar-refractivity contribution in [2.45, 2.75) is 12.8 Å². The molecular formula is C28H23N9O. The van der Waals surface area contributed by atoms with Crippen molar-refractivity contribution in [2.24, 2.45) is 10.9 Å². The maximum absolute atomic E-state index is 12.2. The molecule has 0 saturated heterocycles. The van der Waals surface area contributed by atoms with E-state index in [1.807, 2.05) is 48.5 Å². The van der Waals surface area contributed by atoms with Crippen LogP contribution in [0.3, 0.4) is 0 Å². The number of nitrogens with zero attached hydrogens (tertiary/aromatic N) is 7. The summed E-state index contributed by atoms with van der Waals surface area (Å²) in [5, 5.41) is 2.97. The summed E-state index contributed by atoms with van der Waals surface area (Å²) in [7, 11) is 1.99. The standard InChI is InChI=1S/C28H23N9O/c1-37-15-33-25(27-35-21-6-8-31-24(26(21)36-27)17-3-2-7-29-11-17)20-10-22(32-14-23(20)37)18-9-19(13-30-12-18)34-28(38)16-4-5-16/h2-3,6-14,16H,4-5,15H2,1H3,(H,34,38)(H,35,36). The van der Waals surface area contributed by atoms with Crippen molar-refractivity contribution < 1.29 is 4.79 Å². The zero-order valence-electron chi connectivity index (χ0n) is 20.6. The Morgan fingerprint density at radius 1 is 1.03 bits per heavy atom. The van der Waals surface area contributed by atoms with Crippen molar-refractivity contribution in [3.05, 3.63) is 78.9 Å². The Kier molecular flexibility index (Phi) is 5.17. The number of fused-ring (bicyclic) bond motifs is 2. The van der Waals surface area contributed by atoms with Crippen molar-refractivity contribution in [1.82, 2.24) is 29.9 Å². The Morgan fingerprint density at radius 2 is 1.92 bits per heavy atom. The van der Waals surface area contributed by atoms with E-state index in [1.54, 1.807) is 31.0 Å². The number of imidazole rings is 1. The summed E-state index contributed by atoms with van der Waals surface area (Å²) >= 11 is 0. The van der Waals surface area contributed by atoms with Crippen molar-refractivity contribution >= 4 is 34.0 Å². The predicted molar refractivity (Wildman–Crippen MR) is 145 cm³/mol. The number of aliphatic imine (C=N–C) groups is 1. The fraction of sp³-hybridized carbons (Fsp3) is 0.179. The van der Waals surface area contributed by atoms with Crippen LogP contribution in [0.4, 0.5) is 11.4 Å². The van der Waals surface area contributed by atoms with Crippen molar-refractivity contribution in [3.63, 3.8) is 0 Å². The molecule has 1 aliphatic carbocycles. The van der Waals surface area contributed by atoms with Gasteiger partial charge in [-0.05, 0) is 43.2 Å². The van der Waals surface area contributed by atoms with E-state index in [2.05, 4.69) is 25.3 Å². The van der Waals surface area contributed by atoms with Gasteiger partial charge in [0.1, 0.15) is 17.9 Å². The molecule has 2 N–H and O–H groups in total. The summed E-state index contributed by atoms with van der Waals surface area (Å²) in [6, 6.07) is 9.67. The van der Waals surface area contributed by atoms with Crippen molar-refractivity contribution in [2.75, 3.05) is 23.9 Å². The molecule has 1 fully saturated rings. The second-order valence-electron chi connectivity index (χ2n) is 9.54. The molecule has 186 valence electrons. The second-order valence-corrected chi connectivity index (χ2v) is 9.54. The van der Waals surface area contributed by atoms with E-state index in [1.165, 1.54) is 0 Å². The number of amides is 1. The van der Waals surface area contributed by atoms with Crippen LogP contribution < -0.4 is 10.2 Å². The molecule has 0 atom stereocenters. The minimum Gasteiger partial charge on any atom is -0.353 e. The molecule has 6 heterocycles. The molecule has 0 bridgehead atoms. The van der Waals surface area contributed by atoms with Crippen LogP contribution in [0.2, 0.25) is 0 Å². The van der Waals surface area contributed by atoms with Gasteiger partial charge in [0.15, 0.2) is 5.82 Å². The van der Waals surface area contributed by atoms with Crippen LogP contribution >= 0.6 is 0 Å². The van der Waals surface area contributed by atoms with E-state index in [4.69, 9.17) is 15.0 Å². The van der Waals surface area contributed by atoms with Gasteiger partial charge in [0.05, 0.1) is 40.7 Å². The first-order valence-electron chi connectivity index (χ1n) is 12.4. The first-order chi connectivity index (χ1) is 18.6. The fourth-order valence-electron chi connectivity index (χ4n) is 4.64. The lowest BCUT2D eigenvalue weighted by Gasteiger charge is -2.25. The second kappa shape index (κ2) is 8.84. The number of H-pyrrole nitrogens is 1. The molecular weight excluding hydrogens is 478 g/mol. The molecule has 2 aliphatic rings. The zero-order valence-corrected chi connectivity index (χ0v) is 20.6. The maximum atomic E-state index is 12.2. The van der Waals surface area contributed by atoms with Crippen LogP contribution in [0.1, 0.15) is 24.2 Å². The molecule has 1 amide bonds. The Hall–Kier alpha value is -4.99. The molecule has 38 heavy (non-hydrogen) atoms. The third kappa shape index (κ3) is 3.96. The molecule has 0 radical (unpaired) electrons. The molecule has 10 nitrogen and oxygen atoms in total. The topological polar surface area (TPSA) is 125 Å². The van der Waals surface area contributed by atoms with Gasteiger partial charge in [-0.15, -0.1) is 0 Å². The third-order valence-corrected chi connectivity index (χ3v) is 6.80. The van der Waals surface area contributed by atoms with Gasteiger partial charge in [0, 0.05) is 54.4 Å². The average molecular weight is 502 g/mol. The van der Waals surface area contributed by atoms with Crippen molar-refractivity contribution in [1.29, 1.82) is 0 Å². The number of carbonyl (C=O) groups excluding carboxylic acids is 1. The van der Waals surface area contributed by atoms with Crippen LogP contribution in [0.5, 0.6) is 0 Å². The smallest absolute Gasteiger partial charge is 0.227 e. The molecule has 10 heteroatoms. The SMILES string of the molecule is CN1CN=C(c2nc3c(-c4cccnc4)nccc3[nH]2)c2cc(-c3cncc(NC(=O)C4CC4)c3)ncc21. The van der Waals surface area contributed by atoms with Crippen molar-refractivity contribution in [3.8, 4) is 22.5 Å². The first-order valence-corrected chi connectivity index (χ1v) is 12.4. The van der Waals surface area contributed by atoms with E-state index < -0.39 is 0 Å². The van der Waals surface area contributed by atoms with E-state index in [9.17, 15) is 4.79 Å². The average Bonchev–Trinajstić information content (AvgIpc) is 3.72. The van der Waals surface area contributed by atoms with Crippen LogP contribution in [-0.2, 0) is 4.79 Å². The highest BCUT2D eigenvalue weighted by Crippen LogP contribution is 2.33. The largest absolute Gasteiger partial charge is 0.353 e. The van der Waals surface area contributed by atoms with E-state index in [-0.39, 0.29) is 11.8 Å². The van der Waals surface area contributed by atoms with Gasteiger partial charge in [0.25, 0.3) is 0 Å². The third-order valence-electron chi connectivity index (χ3n) is 6.80. The molecule has 5 aromatic rings. The predicted octanol–water partition coefficient (Wildman–Crippen LogP) is 4.07. The van der Waals surface area contributed by atoms with E-state index >= 15 is 0 Å². The van der Waals surface area contributed by atoms with Gasteiger partial charge < -0.3 is 15.2 Å². The highest BCUT2D eigenvalue weighted by molar-refractivity contribution is 6.16. The van der Waals surface area contributed by atoms with Gasteiger partial charge in [-0.3, -0.25) is 29.7 Å². The van der Waals surface area contributed by atoms with E-state index in [0.29, 0.717) is 18.2 Å². The summed E-state index contributed by atoms with van der Waals surface area (Å²) in [5.41, 5.74) is 8.11. The van der Waals surface area contributed by atoms with Gasteiger partial charge in [0.2, 0.25) is 5.91 Å². The number of pyridine rings is 4. The molecule has 0 aromatic carbocycles. The first kappa shape index (κ1) is 22.2. The number of carbonyl (C=O) groups is 1. The lowest BCUT2D eigenvalue weighted by molar-refractivity contribution is -0.117. The van der Waals surface area contributed by atoms with Crippen LogP contribution in [0, 0.1) is 5.92 Å². The van der Waals surface area contributed by atoms with Gasteiger partial charge in [-0.1, -0.05) is 0 Å². The minimum atomic E-state index is 0.0448. The zero-order chi connectivity index (χ0) is 25.6. The van der Waals surface area contributed by atoms with Gasteiger partial charge in [-0.2, -0.15) is 0 Å². The summed E-state index contributed by atoms with van der Waals surface area (Å²) in [4.78, 5) is 45.4. The number of aromatic nitrogens is 6. The number of anilines is 2. The highest BCUT2D eigenvalue weighted by Gasteiger charge is 2.29. The highest BCUT2D eigenvalue weighted by atomic mass is 16.2. The Balaban J connectivity index is 1.28. The molecule has 1 aliphatic heterocycles.